The molecule has 0 radical (unpaired) electrons. The molecular weight excluding hydrogens is 341 g/mol. The van der Waals surface area contributed by atoms with Gasteiger partial charge in [0, 0.05) is 18.8 Å². The molecule has 24 heavy (non-hydrogen) atoms. The number of benzene rings is 1. The van der Waals surface area contributed by atoms with E-state index < -0.39 is 12.0 Å². The maximum absolute atomic E-state index is 13.3. The van der Waals surface area contributed by atoms with E-state index in [1.165, 1.54) is 0 Å². The fourth-order valence-corrected chi connectivity index (χ4v) is 2.79. The molecule has 1 heterocycles. The van der Waals surface area contributed by atoms with Crippen molar-refractivity contribution in [1.82, 2.24) is 14.3 Å². The van der Waals surface area contributed by atoms with Gasteiger partial charge in [-0.15, -0.1) is 5.10 Å². The van der Waals surface area contributed by atoms with Crippen LogP contribution >= 0.6 is 12.2 Å². The average molecular weight is 360 g/mol. The van der Waals surface area contributed by atoms with Gasteiger partial charge < -0.3 is 10.0 Å². The summed E-state index contributed by atoms with van der Waals surface area (Å²) >= 11 is 5.10. The Bertz CT molecular complexity index is 733. The smallest absolute Gasteiger partial charge is 0.394 e. The van der Waals surface area contributed by atoms with Crippen LogP contribution < -0.4 is 4.90 Å². The van der Waals surface area contributed by atoms with Crippen LogP contribution in [-0.4, -0.2) is 39.2 Å². The van der Waals surface area contributed by atoms with Gasteiger partial charge >= 0.3 is 6.18 Å². The maximum Gasteiger partial charge on any atom is 0.452 e. The van der Waals surface area contributed by atoms with Crippen LogP contribution in [-0.2, 0) is 12.7 Å². The summed E-state index contributed by atoms with van der Waals surface area (Å²) in [5.74, 6) is -1.10. The molecule has 0 saturated carbocycles. The SMILES string of the molecule is CCN(CC)c1ccc(-n2c(C(F)(F)F)nn(CCO)c2=S)cc1. The molecule has 1 aromatic carbocycles. The lowest BCUT2D eigenvalue weighted by Gasteiger charge is -2.21. The van der Waals surface area contributed by atoms with Crippen LogP contribution in [0.15, 0.2) is 24.3 Å². The van der Waals surface area contributed by atoms with Gasteiger partial charge in [-0.25, -0.2) is 4.68 Å². The van der Waals surface area contributed by atoms with E-state index in [2.05, 4.69) is 10.00 Å². The van der Waals surface area contributed by atoms with E-state index in [4.69, 9.17) is 17.3 Å². The third-order valence-electron chi connectivity index (χ3n) is 3.64. The van der Waals surface area contributed by atoms with Crippen LogP contribution in [0.25, 0.3) is 5.69 Å². The van der Waals surface area contributed by atoms with Gasteiger partial charge in [0.2, 0.25) is 10.6 Å². The molecule has 0 aliphatic heterocycles. The van der Waals surface area contributed by atoms with Crippen molar-refractivity contribution in [2.24, 2.45) is 0 Å². The lowest BCUT2D eigenvalue weighted by Crippen LogP contribution is -2.21. The molecule has 1 N–H and O–H groups in total. The molecule has 0 unspecified atom stereocenters. The Morgan fingerprint density at radius 2 is 1.75 bits per heavy atom. The molecule has 0 bridgehead atoms. The molecule has 0 aliphatic carbocycles. The van der Waals surface area contributed by atoms with Gasteiger partial charge in [-0.2, -0.15) is 13.2 Å². The Hall–Kier alpha value is -1.87. The standard InChI is InChI=1S/C15H19F3N4OS/c1-3-20(4-2)11-5-7-12(8-6-11)22-13(15(16,17)18)19-21(9-10-23)14(22)24/h5-8,23H,3-4,9-10H2,1-2H3. The van der Waals surface area contributed by atoms with Gasteiger partial charge in [0.25, 0.3) is 0 Å². The number of aromatic nitrogens is 3. The monoisotopic (exact) mass is 360 g/mol. The van der Waals surface area contributed by atoms with Crippen molar-refractivity contribution in [3.63, 3.8) is 0 Å². The molecule has 5 nitrogen and oxygen atoms in total. The molecule has 0 spiro atoms. The number of alkyl halides is 3. The molecule has 2 aromatic rings. The molecule has 2 rings (SSSR count). The van der Waals surface area contributed by atoms with Crippen molar-refractivity contribution < 1.29 is 18.3 Å². The molecule has 0 amide bonds. The van der Waals surface area contributed by atoms with Crippen LogP contribution in [0.4, 0.5) is 18.9 Å². The highest BCUT2D eigenvalue weighted by Crippen LogP contribution is 2.30. The van der Waals surface area contributed by atoms with Crippen molar-refractivity contribution in [1.29, 1.82) is 0 Å². The average Bonchev–Trinajstić information content (AvgIpc) is 2.87. The molecule has 9 heteroatoms. The van der Waals surface area contributed by atoms with Crippen molar-refractivity contribution in [3.05, 3.63) is 34.9 Å². The number of nitrogens with zero attached hydrogens (tertiary/aromatic N) is 4. The zero-order valence-electron chi connectivity index (χ0n) is 13.4. The second-order valence-electron chi connectivity index (χ2n) is 5.07. The second kappa shape index (κ2) is 7.35. The summed E-state index contributed by atoms with van der Waals surface area (Å²) in [7, 11) is 0. The Balaban J connectivity index is 2.53. The highest BCUT2D eigenvalue weighted by Gasteiger charge is 2.38. The van der Waals surface area contributed by atoms with E-state index in [1.54, 1.807) is 24.3 Å². The predicted octanol–water partition coefficient (Wildman–Crippen LogP) is 3.26. The Labute approximate surface area is 142 Å². The summed E-state index contributed by atoms with van der Waals surface area (Å²) in [6.45, 7) is 5.19. The van der Waals surface area contributed by atoms with Crippen molar-refractivity contribution in [3.8, 4) is 5.69 Å². The van der Waals surface area contributed by atoms with Crippen LogP contribution in [0.5, 0.6) is 0 Å². The zero-order valence-corrected chi connectivity index (χ0v) is 14.2. The topological polar surface area (TPSA) is 46.2 Å². The number of anilines is 1. The van der Waals surface area contributed by atoms with E-state index >= 15 is 0 Å². The number of rotatable bonds is 6. The Morgan fingerprint density at radius 1 is 1.17 bits per heavy atom. The van der Waals surface area contributed by atoms with Gasteiger partial charge in [0.05, 0.1) is 18.8 Å². The van der Waals surface area contributed by atoms with Gasteiger partial charge in [0.1, 0.15) is 0 Å². The zero-order chi connectivity index (χ0) is 17.9. The molecule has 132 valence electrons. The van der Waals surface area contributed by atoms with Gasteiger partial charge in [-0.1, -0.05) is 0 Å². The first-order valence-electron chi connectivity index (χ1n) is 7.56. The summed E-state index contributed by atoms with van der Waals surface area (Å²) in [6, 6.07) is 6.69. The van der Waals surface area contributed by atoms with Gasteiger partial charge in [-0.3, -0.25) is 4.57 Å². The van der Waals surface area contributed by atoms with Crippen molar-refractivity contribution >= 4 is 17.9 Å². The first-order chi connectivity index (χ1) is 11.3. The number of aliphatic hydroxyl groups is 1. The summed E-state index contributed by atoms with van der Waals surface area (Å²) < 4.78 is 41.6. The first kappa shape index (κ1) is 18.5. The predicted molar refractivity (Wildman–Crippen MR) is 88.0 cm³/mol. The maximum atomic E-state index is 13.3. The van der Waals surface area contributed by atoms with Crippen LogP contribution in [0, 0.1) is 4.77 Å². The number of hydrogen-bond donors (Lipinski definition) is 1. The number of hydrogen-bond acceptors (Lipinski definition) is 4. The normalized spacial score (nSPS) is 11.8. The molecule has 0 saturated heterocycles. The van der Waals surface area contributed by atoms with Gasteiger partial charge in [0.15, 0.2) is 0 Å². The molecular formula is C15H19F3N4OS. The largest absolute Gasteiger partial charge is 0.452 e. The highest BCUT2D eigenvalue weighted by atomic mass is 32.1. The Morgan fingerprint density at radius 3 is 2.21 bits per heavy atom. The number of aliphatic hydroxyl groups excluding tert-OH is 1. The second-order valence-corrected chi connectivity index (χ2v) is 5.44. The fraction of sp³-hybridized carbons (Fsp3) is 0.467. The summed E-state index contributed by atoms with van der Waals surface area (Å²) in [5.41, 5.74) is 1.21. The summed E-state index contributed by atoms with van der Waals surface area (Å²) in [4.78, 5) is 2.09. The molecule has 1 aromatic heterocycles. The highest BCUT2D eigenvalue weighted by molar-refractivity contribution is 7.71. The third-order valence-corrected chi connectivity index (χ3v) is 4.03. The Kier molecular flexibility index (Phi) is 5.66. The summed E-state index contributed by atoms with van der Waals surface area (Å²) in [5, 5.41) is 12.5. The van der Waals surface area contributed by atoms with E-state index in [0.717, 1.165) is 28.0 Å². The van der Waals surface area contributed by atoms with Crippen LogP contribution in [0.1, 0.15) is 19.7 Å². The van der Waals surface area contributed by atoms with Crippen molar-refractivity contribution in [2.75, 3.05) is 24.6 Å². The van der Waals surface area contributed by atoms with E-state index in [9.17, 15) is 13.2 Å². The third kappa shape index (κ3) is 3.62. The minimum Gasteiger partial charge on any atom is -0.394 e. The minimum atomic E-state index is -4.65. The summed E-state index contributed by atoms with van der Waals surface area (Å²) in [6.07, 6.45) is -4.65. The fourth-order valence-electron chi connectivity index (χ4n) is 2.47. The van der Waals surface area contributed by atoms with Crippen molar-refractivity contribution in [2.45, 2.75) is 26.6 Å². The number of halogens is 3. The van der Waals surface area contributed by atoms with Crippen LogP contribution in [0.3, 0.4) is 0 Å². The minimum absolute atomic E-state index is 0.0908. The lowest BCUT2D eigenvalue weighted by molar-refractivity contribution is -0.146. The van der Waals surface area contributed by atoms with E-state index in [0.29, 0.717) is 0 Å². The molecule has 0 aliphatic rings. The quantitative estimate of drug-likeness (QED) is 0.804. The van der Waals surface area contributed by atoms with E-state index in [1.807, 2.05) is 13.8 Å². The first-order valence-corrected chi connectivity index (χ1v) is 7.97. The van der Waals surface area contributed by atoms with E-state index in [-0.39, 0.29) is 23.6 Å². The van der Waals surface area contributed by atoms with Crippen LogP contribution in [0.2, 0.25) is 0 Å². The van der Waals surface area contributed by atoms with Gasteiger partial charge in [-0.05, 0) is 50.3 Å². The molecule has 0 fully saturated rings. The molecule has 0 atom stereocenters. The lowest BCUT2D eigenvalue weighted by atomic mass is 10.2.